The number of ketones is 2. The van der Waals surface area contributed by atoms with Crippen molar-refractivity contribution in [3.05, 3.63) is 36.5 Å². The summed E-state index contributed by atoms with van der Waals surface area (Å²) < 4.78 is 0. The van der Waals surface area contributed by atoms with Crippen LogP contribution in [0.4, 0.5) is 0 Å². The number of Topliss-reactive ketones (excluding diaryl/α,β-unsaturated/α-hetero) is 2. The van der Waals surface area contributed by atoms with Crippen LogP contribution >= 0.6 is 0 Å². The van der Waals surface area contributed by atoms with Gasteiger partial charge in [-0.25, -0.2) is 0 Å². The number of rotatable bonds is 5. The van der Waals surface area contributed by atoms with Crippen LogP contribution < -0.4 is 10.6 Å². The Kier molecular flexibility index (Phi) is 4.98. The summed E-state index contributed by atoms with van der Waals surface area (Å²) >= 11 is 0. The predicted molar refractivity (Wildman–Crippen MR) is 80.0 cm³/mol. The molecule has 1 amide bonds. The molecule has 0 aromatic rings. The maximum absolute atomic E-state index is 12.6. The Hall–Kier alpha value is -2.05. The third-order valence-corrected chi connectivity index (χ3v) is 3.19. The Bertz CT molecular complexity index is 522. The molecular formula is C15H21N3O3. The van der Waals surface area contributed by atoms with Gasteiger partial charge in [-0.05, 0) is 31.9 Å². The van der Waals surface area contributed by atoms with Gasteiger partial charge in [0.1, 0.15) is 0 Å². The van der Waals surface area contributed by atoms with Crippen molar-refractivity contribution in [2.75, 3.05) is 13.3 Å². The number of amides is 1. The summed E-state index contributed by atoms with van der Waals surface area (Å²) in [6, 6.07) is 0. The first kappa shape index (κ1) is 17.0. The van der Waals surface area contributed by atoms with Gasteiger partial charge in [-0.2, -0.15) is 0 Å². The second-order valence-electron chi connectivity index (χ2n) is 5.20. The Balaban J connectivity index is 3.50. The van der Waals surface area contributed by atoms with Gasteiger partial charge in [-0.1, -0.05) is 19.7 Å². The van der Waals surface area contributed by atoms with Crippen LogP contribution in [0.5, 0.6) is 0 Å². The fourth-order valence-corrected chi connectivity index (χ4v) is 2.15. The van der Waals surface area contributed by atoms with E-state index in [-0.39, 0.29) is 30.1 Å². The number of carbonyl (C=O) groups is 3. The van der Waals surface area contributed by atoms with Crippen molar-refractivity contribution in [3.8, 4) is 0 Å². The van der Waals surface area contributed by atoms with Crippen molar-refractivity contribution < 1.29 is 14.4 Å². The van der Waals surface area contributed by atoms with Gasteiger partial charge < -0.3 is 0 Å². The van der Waals surface area contributed by atoms with Gasteiger partial charge in [0.05, 0.1) is 6.67 Å². The van der Waals surface area contributed by atoms with Crippen molar-refractivity contribution >= 4 is 17.5 Å². The monoisotopic (exact) mass is 291 g/mol. The van der Waals surface area contributed by atoms with Crippen molar-refractivity contribution in [2.45, 2.75) is 26.4 Å². The molecule has 0 aromatic carbocycles. The van der Waals surface area contributed by atoms with Gasteiger partial charge in [0.15, 0.2) is 0 Å². The van der Waals surface area contributed by atoms with Crippen LogP contribution in [0.25, 0.3) is 0 Å². The van der Waals surface area contributed by atoms with Crippen molar-refractivity contribution in [1.82, 2.24) is 15.5 Å². The summed E-state index contributed by atoms with van der Waals surface area (Å²) in [7, 11) is 0. The zero-order valence-corrected chi connectivity index (χ0v) is 12.7. The highest BCUT2D eigenvalue weighted by Gasteiger charge is 2.53. The van der Waals surface area contributed by atoms with Crippen molar-refractivity contribution in [2.24, 2.45) is 0 Å². The van der Waals surface area contributed by atoms with Crippen LogP contribution in [0.1, 0.15) is 20.8 Å². The smallest absolute Gasteiger partial charge is 0.252 e. The summed E-state index contributed by atoms with van der Waals surface area (Å²) in [6.07, 6.45) is 0. The van der Waals surface area contributed by atoms with Crippen LogP contribution in [0.3, 0.4) is 0 Å². The summed E-state index contributed by atoms with van der Waals surface area (Å²) in [5, 5.41) is 5.71. The zero-order valence-electron chi connectivity index (χ0n) is 12.7. The SMILES string of the molecule is C=C(C)C(=O)N1CNCNC1(C(=O)C(=C)C)C(=O)C(=C)C. The Labute approximate surface area is 124 Å². The lowest BCUT2D eigenvalue weighted by molar-refractivity contribution is -0.155. The highest BCUT2D eigenvalue weighted by atomic mass is 16.2. The average Bonchev–Trinajstić information content (AvgIpc) is 2.44. The Morgan fingerprint density at radius 2 is 1.43 bits per heavy atom. The fraction of sp³-hybridized carbons (Fsp3) is 0.400. The molecule has 0 spiro atoms. The minimum absolute atomic E-state index is 0.0523. The molecule has 1 aliphatic rings. The number of hydrogen-bond donors (Lipinski definition) is 2. The lowest BCUT2D eigenvalue weighted by Crippen LogP contribution is -2.76. The van der Waals surface area contributed by atoms with Crippen molar-refractivity contribution in [3.63, 3.8) is 0 Å². The van der Waals surface area contributed by atoms with Gasteiger partial charge in [-0.3, -0.25) is 29.9 Å². The maximum Gasteiger partial charge on any atom is 0.252 e. The molecule has 1 saturated heterocycles. The second-order valence-corrected chi connectivity index (χ2v) is 5.20. The molecule has 0 saturated carbocycles. The molecule has 0 bridgehead atoms. The van der Waals surface area contributed by atoms with E-state index in [1.54, 1.807) is 0 Å². The predicted octanol–water partition coefficient (Wildman–Crippen LogP) is 0.486. The first-order valence-electron chi connectivity index (χ1n) is 6.50. The molecule has 0 atom stereocenters. The minimum Gasteiger partial charge on any atom is -0.294 e. The van der Waals surface area contributed by atoms with E-state index in [9.17, 15) is 14.4 Å². The molecule has 1 fully saturated rings. The summed E-state index contributed by atoms with van der Waals surface area (Å²) in [4.78, 5) is 38.8. The quantitative estimate of drug-likeness (QED) is 0.569. The molecule has 2 N–H and O–H groups in total. The lowest BCUT2D eigenvalue weighted by Gasteiger charge is -2.45. The third kappa shape index (κ3) is 2.86. The Morgan fingerprint density at radius 3 is 1.81 bits per heavy atom. The first-order valence-corrected chi connectivity index (χ1v) is 6.50. The van der Waals surface area contributed by atoms with E-state index in [2.05, 4.69) is 30.4 Å². The number of hydrogen-bond acceptors (Lipinski definition) is 5. The van der Waals surface area contributed by atoms with E-state index in [0.717, 1.165) is 4.90 Å². The number of nitrogens with zero attached hydrogens (tertiary/aromatic N) is 1. The molecular weight excluding hydrogens is 270 g/mol. The molecule has 0 radical (unpaired) electrons. The fourth-order valence-electron chi connectivity index (χ4n) is 2.15. The molecule has 0 unspecified atom stereocenters. The normalized spacial score (nSPS) is 17.0. The topological polar surface area (TPSA) is 78.5 Å². The van der Waals surface area contributed by atoms with Gasteiger partial charge in [0, 0.05) is 12.2 Å². The molecule has 0 aliphatic carbocycles. The molecule has 0 aromatic heterocycles. The van der Waals surface area contributed by atoms with E-state index in [4.69, 9.17) is 0 Å². The molecule has 1 heterocycles. The highest BCUT2D eigenvalue weighted by molar-refractivity contribution is 6.24. The van der Waals surface area contributed by atoms with Gasteiger partial charge in [0.25, 0.3) is 5.91 Å². The molecule has 1 rings (SSSR count). The maximum atomic E-state index is 12.6. The lowest BCUT2D eigenvalue weighted by atomic mass is 9.88. The summed E-state index contributed by atoms with van der Waals surface area (Å²) in [6.45, 7) is 15.6. The van der Waals surface area contributed by atoms with E-state index >= 15 is 0 Å². The highest BCUT2D eigenvalue weighted by Crippen LogP contribution is 2.24. The van der Waals surface area contributed by atoms with Gasteiger partial charge >= 0.3 is 0 Å². The van der Waals surface area contributed by atoms with E-state index < -0.39 is 23.1 Å². The zero-order chi connectivity index (χ0) is 16.4. The standard InChI is InChI=1S/C15H21N3O3/c1-9(2)12(19)15(13(20)10(3)4)17-7-16-8-18(15)14(21)11(5)6/h16-17H,1,3,5,7-8H2,2,4,6H3. The summed E-state index contributed by atoms with van der Waals surface area (Å²) in [5.74, 6) is -1.59. The van der Waals surface area contributed by atoms with E-state index in [1.165, 1.54) is 20.8 Å². The largest absolute Gasteiger partial charge is 0.294 e. The summed E-state index contributed by atoms with van der Waals surface area (Å²) in [5.41, 5.74) is -1.22. The minimum atomic E-state index is -1.81. The van der Waals surface area contributed by atoms with Crippen LogP contribution in [-0.4, -0.2) is 41.4 Å². The van der Waals surface area contributed by atoms with Crippen LogP contribution in [-0.2, 0) is 14.4 Å². The van der Waals surface area contributed by atoms with Gasteiger partial charge in [0.2, 0.25) is 17.2 Å². The Morgan fingerprint density at radius 1 is 0.952 bits per heavy atom. The molecule has 114 valence electrons. The first-order chi connectivity index (χ1) is 9.66. The van der Waals surface area contributed by atoms with Crippen LogP contribution in [0.2, 0.25) is 0 Å². The van der Waals surface area contributed by atoms with Crippen molar-refractivity contribution in [1.29, 1.82) is 0 Å². The number of carbonyl (C=O) groups excluding carboxylic acids is 3. The molecule has 21 heavy (non-hydrogen) atoms. The van der Waals surface area contributed by atoms with Crippen LogP contribution in [0, 0.1) is 0 Å². The number of nitrogens with one attached hydrogen (secondary N) is 2. The third-order valence-electron chi connectivity index (χ3n) is 3.19. The van der Waals surface area contributed by atoms with E-state index in [0.29, 0.717) is 0 Å². The molecule has 6 heteroatoms. The second kappa shape index (κ2) is 6.15. The molecule has 6 nitrogen and oxygen atoms in total. The van der Waals surface area contributed by atoms with Crippen LogP contribution in [0.15, 0.2) is 36.5 Å². The van der Waals surface area contributed by atoms with Gasteiger partial charge in [-0.15, -0.1) is 0 Å². The van der Waals surface area contributed by atoms with E-state index in [1.807, 2.05) is 0 Å². The average molecular weight is 291 g/mol. The molecule has 1 aliphatic heterocycles.